The molecule has 0 unspecified atom stereocenters. The monoisotopic (exact) mass is 533 g/mol. The lowest BCUT2D eigenvalue weighted by atomic mass is 10.1. The number of nitrogens with one attached hydrogen (secondary N) is 1. The number of rotatable bonds is 6. The average Bonchev–Trinajstić information content (AvgIpc) is 2.97. The molecule has 0 spiro atoms. The molecule has 2 N–H and O–H groups in total. The fourth-order valence-corrected chi connectivity index (χ4v) is 5.10. The number of aryl methyl sites for hydroxylation is 1. The van der Waals surface area contributed by atoms with Crippen molar-refractivity contribution in [3.05, 3.63) is 99.0 Å². The van der Waals surface area contributed by atoms with Crippen LogP contribution in [0.5, 0.6) is 0 Å². The van der Waals surface area contributed by atoms with Crippen molar-refractivity contribution in [1.82, 2.24) is 9.38 Å². The second-order valence-electron chi connectivity index (χ2n) is 9.75. The van der Waals surface area contributed by atoms with Crippen LogP contribution in [0.1, 0.15) is 45.6 Å². The maximum absolute atomic E-state index is 13.5. The number of carboxylic acid groups (broad SMARTS) is 1. The molecule has 0 radical (unpaired) electrons. The lowest BCUT2D eigenvalue weighted by Gasteiger charge is -2.37. The smallest absolute Gasteiger partial charge is 0.337 e. The number of anilines is 3. The van der Waals surface area contributed by atoms with Crippen molar-refractivity contribution in [3.63, 3.8) is 0 Å². The first kappa shape index (κ1) is 26.3. The van der Waals surface area contributed by atoms with Gasteiger partial charge in [-0.05, 0) is 55.8 Å². The van der Waals surface area contributed by atoms with Gasteiger partial charge in [0.1, 0.15) is 11.7 Å². The summed E-state index contributed by atoms with van der Waals surface area (Å²) in [6, 6.07) is 19.8. The molecule has 0 amide bonds. The summed E-state index contributed by atoms with van der Waals surface area (Å²) in [5, 5.41) is 32.1. The Morgan fingerprint density at radius 3 is 2.45 bits per heavy atom. The number of fused-ring (bicyclic) bond motifs is 1. The maximum Gasteiger partial charge on any atom is 0.337 e. The topological polar surface area (TPSA) is 138 Å². The number of pyridine rings is 1. The number of carboxylic acids is 1. The highest BCUT2D eigenvalue weighted by molar-refractivity contribution is 5.94. The quantitative estimate of drug-likeness (QED) is 0.377. The first-order chi connectivity index (χ1) is 19.3. The van der Waals surface area contributed by atoms with Crippen LogP contribution in [0.25, 0.3) is 5.65 Å². The van der Waals surface area contributed by atoms with E-state index >= 15 is 0 Å². The second kappa shape index (κ2) is 10.8. The van der Waals surface area contributed by atoms with E-state index in [0.717, 1.165) is 11.3 Å². The van der Waals surface area contributed by atoms with Crippen molar-refractivity contribution < 1.29 is 9.90 Å². The Morgan fingerprint density at radius 2 is 1.75 bits per heavy atom. The number of nitrogens with zero attached hydrogens (tertiary/aromatic N) is 6. The van der Waals surface area contributed by atoms with Gasteiger partial charge in [0.15, 0.2) is 11.4 Å². The first-order valence-electron chi connectivity index (χ1n) is 12.9. The number of hydrogen-bond donors (Lipinski definition) is 2. The molecule has 1 saturated heterocycles. The first-order valence-corrected chi connectivity index (χ1v) is 12.9. The number of aromatic nitrogens is 2. The summed E-state index contributed by atoms with van der Waals surface area (Å²) in [4.78, 5) is 34.3. The Balaban J connectivity index is 1.51. The van der Waals surface area contributed by atoms with Gasteiger partial charge in [-0.2, -0.15) is 10.5 Å². The van der Waals surface area contributed by atoms with Crippen LogP contribution in [0.3, 0.4) is 0 Å². The van der Waals surface area contributed by atoms with Gasteiger partial charge >= 0.3 is 5.97 Å². The van der Waals surface area contributed by atoms with Crippen molar-refractivity contribution in [2.75, 3.05) is 41.3 Å². The highest BCUT2D eigenvalue weighted by Crippen LogP contribution is 2.28. The Hall–Kier alpha value is -5.35. The summed E-state index contributed by atoms with van der Waals surface area (Å²) in [5.74, 6) is -0.709. The number of benzene rings is 2. The molecule has 4 aromatic rings. The highest BCUT2D eigenvalue weighted by Gasteiger charge is 2.25. The number of carbonyl (C=O) groups is 1. The molecular weight excluding hydrogens is 506 g/mol. The zero-order valence-electron chi connectivity index (χ0n) is 22.1. The number of nitriles is 2. The van der Waals surface area contributed by atoms with Gasteiger partial charge in [0, 0.05) is 49.3 Å². The van der Waals surface area contributed by atoms with E-state index in [1.165, 1.54) is 10.5 Å². The van der Waals surface area contributed by atoms with Crippen molar-refractivity contribution in [1.29, 1.82) is 10.5 Å². The predicted molar refractivity (Wildman–Crippen MR) is 152 cm³/mol. The van der Waals surface area contributed by atoms with E-state index in [-0.39, 0.29) is 11.1 Å². The van der Waals surface area contributed by atoms with Gasteiger partial charge < -0.3 is 20.2 Å². The van der Waals surface area contributed by atoms with E-state index < -0.39 is 17.6 Å². The van der Waals surface area contributed by atoms with Crippen molar-refractivity contribution >= 4 is 28.8 Å². The summed E-state index contributed by atoms with van der Waals surface area (Å²) >= 11 is 0. The van der Waals surface area contributed by atoms with E-state index in [1.807, 2.05) is 43.0 Å². The third-order valence-corrected chi connectivity index (χ3v) is 7.10. The summed E-state index contributed by atoms with van der Waals surface area (Å²) in [5.41, 5.74) is 3.57. The van der Waals surface area contributed by atoms with Gasteiger partial charge in [0.2, 0.25) is 0 Å². The second-order valence-corrected chi connectivity index (χ2v) is 9.75. The molecule has 0 bridgehead atoms. The molecule has 1 aliphatic rings. The summed E-state index contributed by atoms with van der Waals surface area (Å²) in [6.45, 7) is 6.07. The molecule has 1 aliphatic heterocycles. The van der Waals surface area contributed by atoms with Gasteiger partial charge in [0.25, 0.3) is 5.56 Å². The number of para-hydroxylation sites is 1. The molecule has 10 heteroatoms. The van der Waals surface area contributed by atoms with Crippen molar-refractivity contribution in [2.45, 2.75) is 19.9 Å². The summed E-state index contributed by atoms with van der Waals surface area (Å²) in [6.07, 6.45) is 1.66. The molecule has 2 aromatic heterocycles. The largest absolute Gasteiger partial charge is 0.478 e. The fourth-order valence-electron chi connectivity index (χ4n) is 5.10. The zero-order valence-corrected chi connectivity index (χ0v) is 22.1. The van der Waals surface area contributed by atoms with Gasteiger partial charge in [-0.3, -0.25) is 9.20 Å². The zero-order chi connectivity index (χ0) is 28.4. The Labute approximate surface area is 231 Å². The van der Waals surface area contributed by atoms with E-state index in [9.17, 15) is 25.2 Å². The summed E-state index contributed by atoms with van der Waals surface area (Å²) in [7, 11) is 0. The Kier molecular flexibility index (Phi) is 7.09. The van der Waals surface area contributed by atoms with Gasteiger partial charge in [-0.15, -0.1) is 0 Å². The third-order valence-electron chi connectivity index (χ3n) is 7.10. The molecule has 5 rings (SSSR count). The van der Waals surface area contributed by atoms with Crippen LogP contribution in [0.4, 0.5) is 17.2 Å². The van der Waals surface area contributed by atoms with Gasteiger partial charge in [0.05, 0.1) is 23.2 Å². The van der Waals surface area contributed by atoms with Crippen LogP contribution in [-0.2, 0) is 0 Å². The van der Waals surface area contributed by atoms with Crippen LogP contribution in [0.15, 0.2) is 65.6 Å². The van der Waals surface area contributed by atoms with E-state index in [1.54, 1.807) is 30.5 Å². The van der Waals surface area contributed by atoms with Gasteiger partial charge in [-0.1, -0.05) is 18.2 Å². The molecule has 0 aliphatic carbocycles. The average molecular weight is 534 g/mol. The minimum absolute atomic E-state index is 0.0224. The fraction of sp³-hybridized carbons (Fsp3) is 0.233. The van der Waals surface area contributed by atoms with E-state index in [0.29, 0.717) is 54.5 Å². The standard InChI is InChI=1S/C30H27N7O3/c1-19-14-24(20(2)33-26-9-4-3-8-23(26)30(39)40)28-34-27(25(17-32)29(38)37(28)18-19)36-12-10-35(11-13-36)22-7-5-6-21(15-22)16-31/h3-9,14-15,18,20,33H,10-13H2,1-2H3,(H,39,40)/t20-/m1/s1. The summed E-state index contributed by atoms with van der Waals surface area (Å²) < 4.78 is 1.40. The van der Waals surface area contributed by atoms with Crippen LogP contribution < -0.4 is 20.7 Å². The third kappa shape index (κ3) is 4.91. The van der Waals surface area contributed by atoms with Crippen LogP contribution in [-0.4, -0.2) is 46.6 Å². The van der Waals surface area contributed by atoms with Crippen molar-refractivity contribution in [2.24, 2.45) is 0 Å². The predicted octanol–water partition coefficient (Wildman–Crippen LogP) is 3.94. The Morgan fingerprint density at radius 1 is 1.02 bits per heavy atom. The van der Waals surface area contributed by atoms with Crippen LogP contribution in [0, 0.1) is 29.6 Å². The lowest BCUT2D eigenvalue weighted by Crippen LogP contribution is -2.47. The van der Waals surface area contributed by atoms with Crippen molar-refractivity contribution in [3.8, 4) is 12.1 Å². The molecule has 3 heterocycles. The SMILES string of the molecule is Cc1cc([C@@H](C)Nc2ccccc2C(=O)O)c2nc(N3CCN(c4cccc(C#N)c4)CC3)c(C#N)c(=O)n2c1. The molecule has 2 aromatic carbocycles. The van der Waals surface area contributed by atoms with E-state index in [4.69, 9.17) is 4.98 Å². The lowest BCUT2D eigenvalue weighted by molar-refractivity contribution is 0.0698. The molecule has 1 fully saturated rings. The van der Waals surface area contributed by atoms with Gasteiger partial charge in [-0.25, -0.2) is 9.78 Å². The molecule has 200 valence electrons. The number of hydrogen-bond acceptors (Lipinski definition) is 8. The maximum atomic E-state index is 13.5. The number of piperazine rings is 1. The number of aromatic carboxylic acids is 1. The van der Waals surface area contributed by atoms with E-state index in [2.05, 4.69) is 22.4 Å². The van der Waals surface area contributed by atoms with Crippen LogP contribution >= 0.6 is 0 Å². The molecule has 1 atom stereocenters. The minimum Gasteiger partial charge on any atom is -0.478 e. The van der Waals surface area contributed by atoms with Crippen LogP contribution in [0.2, 0.25) is 0 Å². The Bertz CT molecular complexity index is 1760. The normalized spacial score (nSPS) is 13.9. The highest BCUT2D eigenvalue weighted by atomic mass is 16.4. The molecule has 10 nitrogen and oxygen atoms in total. The molecule has 0 saturated carbocycles. The molecular formula is C30H27N7O3. The molecule has 40 heavy (non-hydrogen) atoms. The minimum atomic E-state index is -1.04.